The van der Waals surface area contributed by atoms with Gasteiger partial charge in [0.1, 0.15) is 0 Å². The second-order valence-electron chi connectivity index (χ2n) is 2.22. The minimum atomic E-state index is -3.40. The molecule has 0 atom stereocenters. The van der Waals surface area contributed by atoms with Gasteiger partial charge in [-0.1, -0.05) is 24.3 Å². The van der Waals surface area contributed by atoms with Crippen molar-refractivity contribution >= 4 is 10.0 Å². The van der Waals surface area contributed by atoms with E-state index in [4.69, 9.17) is 5.14 Å². The normalized spacial score (nSPS) is 11.4. The number of primary sulfonamides is 1. The van der Waals surface area contributed by atoms with Gasteiger partial charge in [-0.25, -0.2) is 13.6 Å². The Balaban J connectivity index is 2.82. The smallest absolute Gasteiger partial charge is 0.213 e. The Bertz CT molecular complexity index is 318. The highest BCUT2D eigenvalue weighted by Crippen LogP contribution is 2.00. The average Bonchev–Trinajstić information content (AvgIpc) is 1.85. The molecule has 0 aliphatic carbocycles. The van der Waals surface area contributed by atoms with Crippen LogP contribution in [-0.2, 0) is 15.8 Å². The molecule has 2 N–H and O–H groups in total. The minimum absolute atomic E-state index is 0.121. The number of hydrogen-bond acceptors (Lipinski definition) is 2. The molecule has 0 amide bonds. The molecule has 59 valence electrons. The molecule has 1 aromatic rings. The van der Waals surface area contributed by atoms with Crippen molar-refractivity contribution in [2.75, 3.05) is 0 Å². The molecule has 0 spiro atoms. The molecule has 4 heteroatoms. The van der Waals surface area contributed by atoms with Crippen molar-refractivity contribution < 1.29 is 8.42 Å². The van der Waals surface area contributed by atoms with Crippen LogP contribution < -0.4 is 5.14 Å². The summed E-state index contributed by atoms with van der Waals surface area (Å²) in [5.74, 6) is -0.121. The van der Waals surface area contributed by atoms with Crippen molar-refractivity contribution in [1.29, 1.82) is 0 Å². The predicted octanol–water partition coefficient (Wildman–Crippen LogP) is 0.275. The Morgan fingerprint density at radius 3 is 2.73 bits per heavy atom. The first-order valence-corrected chi connectivity index (χ1v) is 4.75. The van der Waals surface area contributed by atoms with Crippen LogP contribution in [0.1, 0.15) is 5.56 Å². The number of hydrogen-bond donors (Lipinski definition) is 1. The van der Waals surface area contributed by atoms with Crippen LogP contribution in [0.3, 0.4) is 0 Å². The fourth-order valence-corrected chi connectivity index (χ4v) is 1.40. The van der Waals surface area contributed by atoms with Crippen LogP contribution >= 0.6 is 0 Å². The van der Waals surface area contributed by atoms with Gasteiger partial charge >= 0.3 is 0 Å². The third-order valence-corrected chi connectivity index (χ3v) is 1.88. The lowest BCUT2D eigenvalue weighted by Gasteiger charge is -1.96. The van der Waals surface area contributed by atoms with Gasteiger partial charge < -0.3 is 0 Å². The SMILES string of the molecule is NS(=O)(=O)Cc1c[c]ccc1. The van der Waals surface area contributed by atoms with Crippen LogP contribution in [0, 0.1) is 6.07 Å². The van der Waals surface area contributed by atoms with Crippen molar-refractivity contribution in [2.24, 2.45) is 5.14 Å². The summed E-state index contributed by atoms with van der Waals surface area (Å²) in [4.78, 5) is 0. The van der Waals surface area contributed by atoms with Crippen molar-refractivity contribution in [2.45, 2.75) is 5.75 Å². The molecule has 0 heterocycles. The monoisotopic (exact) mass is 170 g/mol. The number of nitrogens with two attached hydrogens (primary N) is 1. The van der Waals surface area contributed by atoms with Crippen molar-refractivity contribution in [3.63, 3.8) is 0 Å². The minimum Gasteiger partial charge on any atom is -0.228 e. The molecule has 0 saturated carbocycles. The summed E-state index contributed by atoms with van der Waals surface area (Å²) in [6.45, 7) is 0. The van der Waals surface area contributed by atoms with Crippen LogP contribution in [0.5, 0.6) is 0 Å². The zero-order valence-electron chi connectivity index (χ0n) is 5.82. The molecule has 0 saturated heterocycles. The van der Waals surface area contributed by atoms with Gasteiger partial charge in [0, 0.05) is 0 Å². The molecule has 1 aromatic carbocycles. The van der Waals surface area contributed by atoms with E-state index < -0.39 is 10.0 Å². The summed E-state index contributed by atoms with van der Waals surface area (Å²) in [6.07, 6.45) is 0. The lowest BCUT2D eigenvalue weighted by molar-refractivity contribution is 0.597. The van der Waals surface area contributed by atoms with Crippen LogP contribution in [0.2, 0.25) is 0 Å². The van der Waals surface area contributed by atoms with Gasteiger partial charge in [0.2, 0.25) is 10.0 Å². The Morgan fingerprint density at radius 2 is 2.27 bits per heavy atom. The molecule has 1 rings (SSSR count). The molecule has 3 nitrogen and oxygen atoms in total. The molecule has 11 heavy (non-hydrogen) atoms. The second kappa shape index (κ2) is 3.02. The molecule has 0 fully saturated rings. The number of sulfonamides is 1. The Morgan fingerprint density at radius 1 is 1.55 bits per heavy atom. The van der Waals surface area contributed by atoms with Crippen molar-refractivity contribution in [3.05, 3.63) is 35.9 Å². The van der Waals surface area contributed by atoms with Crippen LogP contribution in [-0.4, -0.2) is 8.42 Å². The van der Waals surface area contributed by atoms with E-state index in [1.165, 1.54) is 0 Å². The molecular formula is C7H8NO2S. The largest absolute Gasteiger partial charge is 0.228 e. The van der Waals surface area contributed by atoms with E-state index in [1.54, 1.807) is 24.3 Å². The van der Waals surface area contributed by atoms with E-state index in [2.05, 4.69) is 6.07 Å². The quantitative estimate of drug-likeness (QED) is 0.692. The Hall–Kier alpha value is -0.870. The van der Waals surface area contributed by atoms with Crippen molar-refractivity contribution in [3.8, 4) is 0 Å². The number of rotatable bonds is 2. The maximum atomic E-state index is 10.6. The molecule has 0 aliphatic heterocycles. The summed E-state index contributed by atoms with van der Waals surface area (Å²) in [6, 6.07) is 9.48. The fraction of sp³-hybridized carbons (Fsp3) is 0.143. The van der Waals surface area contributed by atoms with Crippen molar-refractivity contribution in [1.82, 2.24) is 0 Å². The topological polar surface area (TPSA) is 60.2 Å². The van der Waals surface area contributed by atoms with Gasteiger partial charge in [-0.05, 0) is 11.6 Å². The van der Waals surface area contributed by atoms with Crippen LogP contribution in [0.25, 0.3) is 0 Å². The van der Waals surface area contributed by atoms with Gasteiger partial charge in [-0.15, -0.1) is 0 Å². The van der Waals surface area contributed by atoms with E-state index in [0.717, 1.165) is 0 Å². The summed E-state index contributed by atoms with van der Waals surface area (Å²) < 4.78 is 21.1. The summed E-state index contributed by atoms with van der Waals surface area (Å²) in [5, 5.41) is 4.83. The molecule has 0 aromatic heterocycles. The Kier molecular flexibility index (Phi) is 2.26. The Labute approximate surface area is 65.9 Å². The second-order valence-corrected chi connectivity index (χ2v) is 3.83. The van der Waals surface area contributed by atoms with Gasteiger partial charge in [0.05, 0.1) is 5.75 Å². The summed E-state index contributed by atoms with van der Waals surface area (Å²) in [5.41, 5.74) is 0.662. The zero-order valence-corrected chi connectivity index (χ0v) is 6.64. The van der Waals surface area contributed by atoms with Gasteiger partial charge in [0.25, 0.3) is 0 Å². The highest BCUT2D eigenvalue weighted by molar-refractivity contribution is 7.88. The fourth-order valence-electron chi connectivity index (χ4n) is 0.753. The van der Waals surface area contributed by atoms with E-state index in [9.17, 15) is 8.42 Å². The van der Waals surface area contributed by atoms with E-state index >= 15 is 0 Å². The van der Waals surface area contributed by atoms with E-state index in [1.807, 2.05) is 0 Å². The third-order valence-electron chi connectivity index (χ3n) is 1.14. The standard InChI is InChI=1S/C7H8NO2S/c8-11(9,10)6-7-4-2-1-3-5-7/h1-2,4-5H,6H2,(H2,8,9,10). The van der Waals surface area contributed by atoms with Gasteiger partial charge in [-0.3, -0.25) is 0 Å². The van der Waals surface area contributed by atoms with E-state index in [0.29, 0.717) is 5.56 Å². The predicted molar refractivity (Wildman–Crippen MR) is 42.1 cm³/mol. The first kappa shape index (κ1) is 8.23. The average molecular weight is 170 g/mol. The molecule has 1 radical (unpaired) electrons. The highest BCUT2D eigenvalue weighted by atomic mass is 32.2. The summed E-state index contributed by atoms with van der Waals surface area (Å²) >= 11 is 0. The molecule has 0 aliphatic rings. The van der Waals surface area contributed by atoms with Crippen LogP contribution in [0.15, 0.2) is 24.3 Å². The third kappa shape index (κ3) is 3.15. The van der Waals surface area contributed by atoms with Gasteiger partial charge in [0.15, 0.2) is 0 Å². The van der Waals surface area contributed by atoms with Gasteiger partial charge in [-0.2, -0.15) is 0 Å². The maximum absolute atomic E-state index is 10.6. The molecular weight excluding hydrogens is 162 g/mol. The lowest BCUT2D eigenvalue weighted by Crippen LogP contribution is -2.14. The van der Waals surface area contributed by atoms with E-state index in [-0.39, 0.29) is 5.75 Å². The first-order chi connectivity index (χ1) is 5.08. The summed E-state index contributed by atoms with van der Waals surface area (Å²) in [7, 11) is -3.40. The lowest BCUT2D eigenvalue weighted by atomic mass is 10.2. The van der Waals surface area contributed by atoms with Crippen LogP contribution in [0.4, 0.5) is 0 Å². The molecule has 0 unspecified atom stereocenters. The number of benzene rings is 1. The first-order valence-electron chi connectivity index (χ1n) is 3.03. The molecule has 0 bridgehead atoms. The highest BCUT2D eigenvalue weighted by Gasteiger charge is 2.02. The zero-order chi connectivity index (χ0) is 8.32. The maximum Gasteiger partial charge on any atom is 0.213 e.